The summed E-state index contributed by atoms with van der Waals surface area (Å²) in [6, 6.07) is 14.9. The zero-order chi connectivity index (χ0) is 20.1. The Labute approximate surface area is 162 Å². The third kappa shape index (κ3) is 4.54. The van der Waals surface area contributed by atoms with Crippen molar-refractivity contribution < 1.29 is 14.6 Å². The molecule has 0 saturated heterocycles. The fraction of sp³-hybridized carbons (Fsp3) is 0.0556. The minimum atomic E-state index is -0.549. The van der Waals surface area contributed by atoms with Crippen LogP contribution >= 0.6 is 11.8 Å². The third-order valence-electron chi connectivity index (χ3n) is 3.74. The molecule has 0 spiro atoms. The highest BCUT2D eigenvalue weighted by molar-refractivity contribution is 7.99. The van der Waals surface area contributed by atoms with Gasteiger partial charge < -0.3 is 0 Å². The van der Waals surface area contributed by atoms with Crippen LogP contribution in [0.4, 0.5) is 11.4 Å². The van der Waals surface area contributed by atoms with Gasteiger partial charge in [0.1, 0.15) is 5.03 Å². The lowest BCUT2D eigenvalue weighted by Crippen LogP contribution is -2.03. The number of nitro groups is 2. The van der Waals surface area contributed by atoms with Crippen LogP contribution in [-0.4, -0.2) is 31.6 Å². The molecule has 0 bridgehead atoms. The number of non-ortho nitro benzene ring substituents is 2. The van der Waals surface area contributed by atoms with Gasteiger partial charge in [-0.25, -0.2) is 0 Å². The maximum Gasteiger partial charge on any atom is 0.270 e. The fourth-order valence-corrected chi connectivity index (χ4v) is 3.03. The molecule has 0 fully saturated rings. The Morgan fingerprint density at radius 2 is 1.61 bits per heavy atom. The van der Waals surface area contributed by atoms with E-state index in [1.165, 1.54) is 48.2 Å². The lowest BCUT2D eigenvalue weighted by molar-refractivity contribution is -0.385. The monoisotopic (exact) mass is 396 g/mol. The van der Waals surface area contributed by atoms with Crippen LogP contribution in [0.3, 0.4) is 0 Å². The molecule has 3 rings (SSSR count). The number of ketones is 1. The molecule has 0 aliphatic carbocycles. The van der Waals surface area contributed by atoms with Crippen molar-refractivity contribution in [2.24, 2.45) is 0 Å². The van der Waals surface area contributed by atoms with Crippen LogP contribution < -0.4 is 0 Å². The number of thioether (sulfide) groups is 1. The van der Waals surface area contributed by atoms with E-state index >= 15 is 0 Å². The predicted molar refractivity (Wildman–Crippen MR) is 102 cm³/mol. The molecule has 0 saturated carbocycles. The first-order valence-corrected chi connectivity index (χ1v) is 8.91. The summed E-state index contributed by atoms with van der Waals surface area (Å²) < 4.78 is 0. The average molecular weight is 396 g/mol. The van der Waals surface area contributed by atoms with Crippen molar-refractivity contribution in [3.8, 4) is 11.3 Å². The predicted octanol–water partition coefficient (Wildman–Crippen LogP) is 3.94. The Bertz CT molecular complexity index is 1040. The summed E-state index contributed by atoms with van der Waals surface area (Å²) in [5.41, 5.74) is 1.34. The molecule has 0 atom stereocenters. The minimum absolute atomic E-state index is 0.0106. The molecule has 0 aliphatic rings. The molecule has 1 aromatic heterocycles. The maximum absolute atomic E-state index is 12.2. The van der Waals surface area contributed by atoms with E-state index < -0.39 is 9.85 Å². The van der Waals surface area contributed by atoms with Crippen molar-refractivity contribution in [2.45, 2.75) is 5.03 Å². The van der Waals surface area contributed by atoms with E-state index in [1.807, 2.05) is 0 Å². The Morgan fingerprint density at radius 3 is 2.21 bits per heavy atom. The van der Waals surface area contributed by atoms with Crippen LogP contribution in [0.25, 0.3) is 11.3 Å². The Balaban J connectivity index is 1.64. The van der Waals surface area contributed by atoms with Crippen LogP contribution in [0.5, 0.6) is 0 Å². The first-order valence-electron chi connectivity index (χ1n) is 7.93. The van der Waals surface area contributed by atoms with Crippen LogP contribution in [-0.2, 0) is 0 Å². The third-order valence-corrected chi connectivity index (χ3v) is 4.66. The molecule has 0 radical (unpaired) electrons. The molecular weight excluding hydrogens is 384 g/mol. The summed E-state index contributed by atoms with van der Waals surface area (Å²) in [5.74, 6) is -0.192. The topological polar surface area (TPSA) is 129 Å². The first-order chi connectivity index (χ1) is 13.4. The second kappa shape index (κ2) is 8.35. The van der Waals surface area contributed by atoms with Crippen molar-refractivity contribution in [3.05, 3.63) is 86.5 Å². The van der Waals surface area contributed by atoms with Gasteiger partial charge in [0, 0.05) is 35.4 Å². The van der Waals surface area contributed by atoms with Crippen molar-refractivity contribution in [2.75, 3.05) is 5.75 Å². The summed E-state index contributed by atoms with van der Waals surface area (Å²) in [7, 11) is 0. The molecule has 0 aliphatic heterocycles. The molecule has 10 heteroatoms. The second-order valence-corrected chi connectivity index (χ2v) is 6.58. The lowest BCUT2D eigenvalue weighted by atomic mass is 10.1. The van der Waals surface area contributed by atoms with Gasteiger partial charge in [-0.1, -0.05) is 23.9 Å². The van der Waals surface area contributed by atoms with Crippen molar-refractivity contribution >= 4 is 28.9 Å². The van der Waals surface area contributed by atoms with E-state index in [9.17, 15) is 25.0 Å². The highest BCUT2D eigenvalue weighted by Gasteiger charge is 2.13. The summed E-state index contributed by atoms with van der Waals surface area (Å²) >= 11 is 1.17. The summed E-state index contributed by atoms with van der Waals surface area (Å²) in [4.78, 5) is 32.7. The highest BCUT2D eigenvalue weighted by atomic mass is 32.2. The average Bonchev–Trinajstić information content (AvgIpc) is 2.72. The largest absolute Gasteiger partial charge is 0.293 e. The number of nitro benzene ring substituents is 2. The van der Waals surface area contributed by atoms with Gasteiger partial charge in [-0.05, 0) is 24.3 Å². The number of rotatable bonds is 7. The molecule has 2 aromatic carbocycles. The van der Waals surface area contributed by atoms with Gasteiger partial charge in [-0.2, -0.15) is 0 Å². The highest BCUT2D eigenvalue weighted by Crippen LogP contribution is 2.23. The van der Waals surface area contributed by atoms with E-state index in [-0.39, 0.29) is 28.5 Å². The van der Waals surface area contributed by atoms with Gasteiger partial charge in [0.2, 0.25) is 0 Å². The van der Waals surface area contributed by atoms with Gasteiger partial charge in [0.15, 0.2) is 5.78 Å². The SMILES string of the molecule is O=C(CSc1ccc(-c2ccc([N+](=O)[O-])cc2)nn1)c1cccc([N+](=O)[O-])c1. The molecular formula is C18H12N4O5S. The first kappa shape index (κ1) is 19.1. The number of nitrogens with zero attached hydrogens (tertiary/aromatic N) is 4. The summed E-state index contributed by atoms with van der Waals surface area (Å²) in [6.45, 7) is 0. The summed E-state index contributed by atoms with van der Waals surface area (Å²) in [6.07, 6.45) is 0. The Morgan fingerprint density at radius 1 is 0.893 bits per heavy atom. The molecule has 0 amide bonds. The maximum atomic E-state index is 12.2. The molecule has 3 aromatic rings. The van der Waals surface area contributed by atoms with Gasteiger partial charge >= 0.3 is 0 Å². The molecule has 1 heterocycles. The van der Waals surface area contributed by atoms with Crippen LogP contribution in [0, 0.1) is 20.2 Å². The van der Waals surface area contributed by atoms with Gasteiger partial charge in [0.05, 0.1) is 21.3 Å². The molecule has 0 unspecified atom stereocenters. The quantitative estimate of drug-likeness (QED) is 0.254. The van der Waals surface area contributed by atoms with Gasteiger partial charge in [0.25, 0.3) is 11.4 Å². The van der Waals surface area contributed by atoms with Crippen molar-refractivity contribution in [1.29, 1.82) is 0 Å². The Hall–Kier alpha value is -3.66. The zero-order valence-electron chi connectivity index (χ0n) is 14.2. The molecule has 0 N–H and O–H groups in total. The van der Waals surface area contributed by atoms with Gasteiger partial charge in [-0.15, -0.1) is 10.2 Å². The Kier molecular flexibility index (Phi) is 5.70. The van der Waals surface area contributed by atoms with Crippen molar-refractivity contribution in [3.63, 3.8) is 0 Å². The molecule has 140 valence electrons. The number of hydrogen-bond donors (Lipinski definition) is 0. The van der Waals surface area contributed by atoms with Crippen LogP contribution in [0.1, 0.15) is 10.4 Å². The van der Waals surface area contributed by atoms with E-state index in [0.29, 0.717) is 16.3 Å². The fourth-order valence-electron chi connectivity index (χ4n) is 2.32. The smallest absolute Gasteiger partial charge is 0.270 e. The number of Topliss-reactive ketones (excluding diaryl/α,β-unsaturated/α-hetero) is 1. The number of hydrogen-bond acceptors (Lipinski definition) is 8. The standard InChI is InChI=1S/C18H12N4O5S/c23-17(13-2-1-3-15(10-13)22(26)27)11-28-18-9-8-16(19-20-18)12-4-6-14(7-5-12)21(24)25/h1-10H,11H2. The van der Waals surface area contributed by atoms with E-state index in [4.69, 9.17) is 0 Å². The lowest BCUT2D eigenvalue weighted by Gasteiger charge is -2.03. The van der Waals surface area contributed by atoms with Crippen LogP contribution in [0.15, 0.2) is 65.7 Å². The zero-order valence-corrected chi connectivity index (χ0v) is 15.0. The van der Waals surface area contributed by atoms with E-state index in [1.54, 1.807) is 24.3 Å². The van der Waals surface area contributed by atoms with Crippen molar-refractivity contribution in [1.82, 2.24) is 10.2 Å². The summed E-state index contributed by atoms with van der Waals surface area (Å²) in [5, 5.41) is 30.1. The molecule has 28 heavy (non-hydrogen) atoms. The molecule has 9 nitrogen and oxygen atoms in total. The number of carbonyl (C=O) groups excluding carboxylic acids is 1. The number of carbonyl (C=O) groups is 1. The van der Waals surface area contributed by atoms with E-state index in [0.717, 1.165) is 0 Å². The van der Waals surface area contributed by atoms with E-state index in [2.05, 4.69) is 10.2 Å². The number of benzene rings is 2. The van der Waals surface area contributed by atoms with Gasteiger partial charge in [-0.3, -0.25) is 25.0 Å². The minimum Gasteiger partial charge on any atom is -0.293 e. The number of aromatic nitrogens is 2. The normalized spacial score (nSPS) is 10.4. The second-order valence-electron chi connectivity index (χ2n) is 5.58. The van der Waals surface area contributed by atoms with Crippen LogP contribution in [0.2, 0.25) is 0 Å².